The van der Waals surface area contributed by atoms with E-state index in [-0.39, 0.29) is 36.7 Å². The Bertz CT molecular complexity index is 869. The van der Waals surface area contributed by atoms with Crippen molar-refractivity contribution in [2.75, 3.05) is 13.1 Å². The van der Waals surface area contributed by atoms with Crippen LogP contribution >= 0.6 is 0 Å². The van der Waals surface area contributed by atoms with Crippen molar-refractivity contribution in [3.63, 3.8) is 0 Å². The van der Waals surface area contributed by atoms with Gasteiger partial charge in [0, 0.05) is 19.5 Å². The molecule has 4 rings (SSSR count). The number of amides is 3. The minimum atomic E-state index is -0.306. The van der Waals surface area contributed by atoms with Gasteiger partial charge in [0.2, 0.25) is 5.91 Å². The molecule has 5 nitrogen and oxygen atoms in total. The van der Waals surface area contributed by atoms with Gasteiger partial charge in [-0.1, -0.05) is 42.0 Å². The number of hydrogen-bond acceptors (Lipinski definition) is 3. The average molecular weight is 362 g/mol. The molecule has 2 heterocycles. The van der Waals surface area contributed by atoms with E-state index in [9.17, 15) is 14.4 Å². The van der Waals surface area contributed by atoms with Crippen molar-refractivity contribution in [3.8, 4) is 0 Å². The topological polar surface area (TPSA) is 57.7 Å². The molecule has 0 spiro atoms. The molecule has 1 unspecified atom stereocenters. The van der Waals surface area contributed by atoms with Crippen LogP contribution in [0.2, 0.25) is 0 Å². The Balaban J connectivity index is 1.43. The van der Waals surface area contributed by atoms with Crippen LogP contribution in [0.25, 0.3) is 0 Å². The number of nitrogens with zero attached hydrogens (tertiary/aromatic N) is 2. The summed E-state index contributed by atoms with van der Waals surface area (Å²) in [5.74, 6) is -0.616. The zero-order chi connectivity index (χ0) is 19.0. The third-order valence-electron chi connectivity index (χ3n) is 5.46. The maximum atomic E-state index is 12.8. The van der Waals surface area contributed by atoms with Gasteiger partial charge in [-0.05, 0) is 37.5 Å². The molecule has 0 bridgehead atoms. The molecule has 0 saturated carbocycles. The highest BCUT2D eigenvalue weighted by molar-refractivity contribution is 6.21. The summed E-state index contributed by atoms with van der Waals surface area (Å²) in [7, 11) is 0. The van der Waals surface area contributed by atoms with E-state index in [2.05, 4.69) is 24.3 Å². The van der Waals surface area contributed by atoms with Gasteiger partial charge in [0.1, 0.15) is 0 Å². The average Bonchev–Trinajstić information content (AvgIpc) is 3.26. The Kier molecular flexibility index (Phi) is 4.52. The van der Waals surface area contributed by atoms with Crippen LogP contribution in [-0.4, -0.2) is 40.6 Å². The molecule has 0 aliphatic carbocycles. The molecular formula is C22H22N2O3. The van der Waals surface area contributed by atoms with Crippen molar-refractivity contribution >= 4 is 17.7 Å². The molecule has 1 fully saturated rings. The molecule has 0 N–H and O–H groups in total. The van der Waals surface area contributed by atoms with Crippen LogP contribution in [0.3, 0.4) is 0 Å². The van der Waals surface area contributed by atoms with Crippen molar-refractivity contribution in [1.29, 1.82) is 0 Å². The predicted octanol–water partition coefficient (Wildman–Crippen LogP) is 3.34. The smallest absolute Gasteiger partial charge is 0.261 e. The number of carbonyl (C=O) groups is 3. The monoisotopic (exact) mass is 362 g/mol. The van der Waals surface area contributed by atoms with Crippen molar-refractivity contribution in [2.24, 2.45) is 0 Å². The minimum Gasteiger partial charge on any atom is -0.336 e. The van der Waals surface area contributed by atoms with Crippen LogP contribution in [-0.2, 0) is 4.79 Å². The van der Waals surface area contributed by atoms with Gasteiger partial charge in [-0.15, -0.1) is 0 Å². The molecule has 2 aliphatic heterocycles. The maximum Gasteiger partial charge on any atom is 0.261 e. The summed E-state index contributed by atoms with van der Waals surface area (Å²) in [6.07, 6.45) is 2.08. The van der Waals surface area contributed by atoms with E-state index >= 15 is 0 Å². The first-order valence-corrected chi connectivity index (χ1v) is 9.37. The van der Waals surface area contributed by atoms with E-state index in [1.807, 2.05) is 11.8 Å². The number of fused-ring (bicyclic) bond motifs is 1. The normalized spacial score (nSPS) is 18.9. The fourth-order valence-corrected chi connectivity index (χ4v) is 3.99. The molecule has 5 heteroatoms. The van der Waals surface area contributed by atoms with Crippen molar-refractivity contribution in [3.05, 3.63) is 70.8 Å². The zero-order valence-electron chi connectivity index (χ0n) is 15.4. The van der Waals surface area contributed by atoms with Gasteiger partial charge in [0.25, 0.3) is 11.8 Å². The molecule has 0 radical (unpaired) electrons. The number of hydrogen-bond donors (Lipinski definition) is 0. The SMILES string of the molecule is Cc1ccc(C2CCCN2C(=O)CCN2C(=O)c3ccccc3C2=O)cc1. The summed E-state index contributed by atoms with van der Waals surface area (Å²) >= 11 is 0. The number of rotatable bonds is 4. The van der Waals surface area contributed by atoms with Gasteiger partial charge >= 0.3 is 0 Å². The predicted molar refractivity (Wildman–Crippen MR) is 101 cm³/mol. The Morgan fingerprint density at radius 1 is 1.00 bits per heavy atom. The molecule has 1 saturated heterocycles. The van der Waals surface area contributed by atoms with Crippen LogP contribution in [0.5, 0.6) is 0 Å². The highest BCUT2D eigenvalue weighted by atomic mass is 16.2. The van der Waals surface area contributed by atoms with E-state index in [0.717, 1.165) is 24.9 Å². The first kappa shape index (κ1) is 17.5. The highest BCUT2D eigenvalue weighted by Gasteiger charge is 2.36. The Hall–Kier alpha value is -2.95. The van der Waals surface area contributed by atoms with Gasteiger partial charge in [0.05, 0.1) is 17.2 Å². The summed E-state index contributed by atoms with van der Waals surface area (Å²) in [6.45, 7) is 2.89. The Morgan fingerprint density at radius 3 is 2.26 bits per heavy atom. The lowest BCUT2D eigenvalue weighted by atomic mass is 10.0. The van der Waals surface area contributed by atoms with E-state index in [1.165, 1.54) is 10.5 Å². The molecule has 0 aromatic heterocycles. The van der Waals surface area contributed by atoms with Crippen molar-refractivity contribution < 1.29 is 14.4 Å². The largest absolute Gasteiger partial charge is 0.336 e. The second-order valence-electron chi connectivity index (χ2n) is 7.21. The molecule has 2 aromatic carbocycles. The first-order valence-electron chi connectivity index (χ1n) is 9.37. The fourth-order valence-electron chi connectivity index (χ4n) is 3.99. The van der Waals surface area contributed by atoms with Crippen LogP contribution in [0.15, 0.2) is 48.5 Å². The van der Waals surface area contributed by atoms with Crippen molar-refractivity contribution in [1.82, 2.24) is 9.80 Å². The number of likely N-dealkylation sites (tertiary alicyclic amines) is 1. The summed E-state index contributed by atoms with van der Waals surface area (Å²) in [5, 5.41) is 0. The number of aryl methyl sites for hydroxylation is 1. The molecule has 27 heavy (non-hydrogen) atoms. The Morgan fingerprint density at radius 2 is 1.63 bits per heavy atom. The summed E-state index contributed by atoms with van der Waals surface area (Å²) in [5.41, 5.74) is 3.19. The second-order valence-corrected chi connectivity index (χ2v) is 7.21. The second kappa shape index (κ2) is 6.99. The molecule has 2 aliphatic rings. The molecule has 3 amide bonds. The number of carbonyl (C=O) groups excluding carboxylic acids is 3. The zero-order valence-corrected chi connectivity index (χ0v) is 15.4. The first-order chi connectivity index (χ1) is 13.1. The summed E-state index contributed by atoms with van der Waals surface area (Å²) < 4.78 is 0. The van der Waals surface area contributed by atoms with Gasteiger partial charge < -0.3 is 4.90 Å². The van der Waals surface area contributed by atoms with Gasteiger partial charge in [-0.3, -0.25) is 19.3 Å². The third-order valence-corrected chi connectivity index (χ3v) is 5.46. The molecular weight excluding hydrogens is 340 g/mol. The van der Waals surface area contributed by atoms with Crippen LogP contribution in [0, 0.1) is 6.92 Å². The van der Waals surface area contributed by atoms with E-state index in [1.54, 1.807) is 24.3 Å². The van der Waals surface area contributed by atoms with E-state index in [4.69, 9.17) is 0 Å². The van der Waals surface area contributed by atoms with Crippen LogP contribution in [0.1, 0.15) is 57.1 Å². The lowest BCUT2D eigenvalue weighted by molar-refractivity contribution is -0.132. The lowest BCUT2D eigenvalue weighted by Crippen LogP contribution is -2.36. The van der Waals surface area contributed by atoms with Crippen molar-refractivity contribution in [2.45, 2.75) is 32.2 Å². The minimum absolute atomic E-state index is 0.00497. The molecule has 138 valence electrons. The summed E-state index contributed by atoms with van der Waals surface area (Å²) in [6, 6.07) is 15.2. The van der Waals surface area contributed by atoms with Crippen LogP contribution < -0.4 is 0 Å². The quantitative estimate of drug-likeness (QED) is 0.784. The number of imide groups is 1. The highest BCUT2D eigenvalue weighted by Crippen LogP contribution is 2.32. The molecule has 2 aromatic rings. The van der Waals surface area contributed by atoms with Gasteiger partial charge in [-0.25, -0.2) is 0 Å². The third kappa shape index (κ3) is 3.14. The van der Waals surface area contributed by atoms with Crippen LogP contribution in [0.4, 0.5) is 0 Å². The Labute approximate surface area is 158 Å². The molecule has 1 atom stereocenters. The van der Waals surface area contributed by atoms with Gasteiger partial charge in [0.15, 0.2) is 0 Å². The van der Waals surface area contributed by atoms with E-state index < -0.39 is 0 Å². The summed E-state index contributed by atoms with van der Waals surface area (Å²) in [4.78, 5) is 40.8. The van der Waals surface area contributed by atoms with Gasteiger partial charge in [-0.2, -0.15) is 0 Å². The van der Waals surface area contributed by atoms with E-state index in [0.29, 0.717) is 11.1 Å². The number of benzene rings is 2. The fraction of sp³-hybridized carbons (Fsp3) is 0.318. The lowest BCUT2D eigenvalue weighted by Gasteiger charge is -2.26. The maximum absolute atomic E-state index is 12.8. The standard InChI is InChI=1S/C22H22N2O3/c1-15-8-10-16(11-9-15)19-7-4-13-23(19)20(25)12-14-24-21(26)17-5-2-3-6-18(17)22(24)27/h2-3,5-6,8-11,19H,4,7,12-14H2,1H3.